The first kappa shape index (κ1) is 17.8. The molecule has 0 aliphatic rings. The number of nitrogens with zero attached hydrogens (tertiary/aromatic N) is 3. The Bertz CT molecular complexity index is 643. The summed E-state index contributed by atoms with van der Waals surface area (Å²) in [5.41, 5.74) is 0.884. The van der Waals surface area contributed by atoms with Gasteiger partial charge >= 0.3 is 0 Å². The van der Waals surface area contributed by atoms with Crippen molar-refractivity contribution in [3.8, 4) is 11.5 Å². The average Bonchev–Trinajstić information content (AvgIpc) is 2.61. The minimum atomic E-state index is 0.676. The molecular weight excluding hydrogens is 304 g/mol. The van der Waals surface area contributed by atoms with Crippen LogP contribution in [0.5, 0.6) is 11.5 Å². The Hall–Kier alpha value is -2.50. The van der Waals surface area contributed by atoms with Gasteiger partial charge in [0.05, 0.1) is 14.2 Å². The van der Waals surface area contributed by atoms with E-state index in [1.54, 1.807) is 20.5 Å². The highest BCUT2D eigenvalue weighted by atomic mass is 16.5. The molecule has 0 spiro atoms. The topological polar surface area (TPSA) is 59.5 Å². The molecule has 2 rings (SSSR count). The van der Waals surface area contributed by atoms with Crippen LogP contribution in [0.4, 0.5) is 17.3 Å². The maximum Gasteiger partial charge on any atom is 0.162 e. The number of ether oxygens (including phenoxy) is 2. The van der Waals surface area contributed by atoms with Crippen LogP contribution in [0, 0.1) is 0 Å². The minimum Gasteiger partial charge on any atom is -0.493 e. The number of benzene rings is 1. The number of anilines is 3. The lowest BCUT2D eigenvalue weighted by Gasteiger charge is -2.22. The van der Waals surface area contributed by atoms with Crippen molar-refractivity contribution in [3.63, 3.8) is 0 Å². The van der Waals surface area contributed by atoms with Crippen LogP contribution in [0.3, 0.4) is 0 Å². The fourth-order valence-electron chi connectivity index (χ4n) is 2.53. The van der Waals surface area contributed by atoms with Gasteiger partial charge in [0.25, 0.3) is 0 Å². The predicted octanol–water partition coefficient (Wildman–Crippen LogP) is 3.86. The van der Waals surface area contributed by atoms with Crippen LogP contribution in [0.2, 0.25) is 0 Å². The Morgan fingerprint density at radius 3 is 2.29 bits per heavy atom. The van der Waals surface area contributed by atoms with Gasteiger partial charge in [-0.3, -0.25) is 0 Å². The third-order valence-corrected chi connectivity index (χ3v) is 3.62. The summed E-state index contributed by atoms with van der Waals surface area (Å²) in [7, 11) is 3.25. The molecule has 0 saturated heterocycles. The second-order valence-corrected chi connectivity index (χ2v) is 5.44. The Morgan fingerprint density at radius 1 is 0.958 bits per heavy atom. The fraction of sp³-hybridized carbons (Fsp3) is 0.444. The van der Waals surface area contributed by atoms with Gasteiger partial charge in [-0.15, -0.1) is 0 Å². The molecule has 0 unspecified atom stereocenters. The maximum atomic E-state index is 5.33. The molecule has 0 atom stereocenters. The van der Waals surface area contributed by atoms with Gasteiger partial charge in [-0.05, 0) is 25.0 Å². The van der Waals surface area contributed by atoms with Crippen LogP contribution in [0.1, 0.15) is 26.7 Å². The van der Waals surface area contributed by atoms with Crippen LogP contribution in [0.15, 0.2) is 30.6 Å². The second-order valence-electron chi connectivity index (χ2n) is 5.44. The molecule has 0 aliphatic carbocycles. The molecule has 0 radical (unpaired) electrons. The van der Waals surface area contributed by atoms with Crippen molar-refractivity contribution in [1.29, 1.82) is 0 Å². The van der Waals surface area contributed by atoms with Gasteiger partial charge in [-0.25, -0.2) is 9.97 Å². The molecule has 1 aromatic heterocycles. The molecule has 0 bridgehead atoms. The number of methoxy groups -OCH3 is 2. The van der Waals surface area contributed by atoms with E-state index in [0.717, 1.165) is 43.3 Å². The standard InChI is InChI=1S/C18H26N4O2/c1-5-9-22(10-6-2)18-12-17(19-13-20-18)21-14-7-8-15(23-3)16(11-14)24-4/h7-8,11-13H,5-6,9-10H2,1-4H3,(H,19,20,21). The van der Waals surface area contributed by atoms with Gasteiger partial charge in [-0.1, -0.05) is 13.8 Å². The summed E-state index contributed by atoms with van der Waals surface area (Å²) in [6.45, 7) is 6.32. The Morgan fingerprint density at radius 2 is 1.67 bits per heavy atom. The van der Waals surface area contributed by atoms with Gasteiger partial charge in [0.2, 0.25) is 0 Å². The van der Waals surface area contributed by atoms with Gasteiger partial charge < -0.3 is 19.7 Å². The zero-order valence-corrected chi connectivity index (χ0v) is 14.9. The van der Waals surface area contributed by atoms with Crippen LogP contribution in [0.25, 0.3) is 0 Å². The smallest absolute Gasteiger partial charge is 0.162 e. The lowest BCUT2D eigenvalue weighted by atomic mass is 10.2. The van der Waals surface area contributed by atoms with Crippen molar-refractivity contribution < 1.29 is 9.47 Å². The first-order valence-corrected chi connectivity index (χ1v) is 8.27. The summed E-state index contributed by atoms with van der Waals surface area (Å²) < 4.78 is 10.6. The molecular formula is C18H26N4O2. The molecule has 2 aromatic rings. The quantitative estimate of drug-likeness (QED) is 0.753. The van der Waals surface area contributed by atoms with E-state index in [4.69, 9.17) is 9.47 Å². The Kier molecular flexibility index (Phi) is 6.66. The Labute approximate surface area is 143 Å². The molecule has 1 heterocycles. The summed E-state index contributed by atoms with van der Waals surface area (Å²) >= 11 is 0. The van der Waals surface area contributed by atoms with E-state index < -0.39 is 0 Å². The predicted molar refractivity (Wildman–Crippen MR) is 97.7 cm³/mol. The van der Waals surface area contributed by atoms with Crippen LogP contribution >= 0.6 is 0 Å². The normalized spacial score (nSPS) is 10.3. The molecule has 24 heavy (non-hydrogen) atoms. The third-order valence-electron chi connectivity index (χ3n) is 3.62. The number of nitrogens with one attached hydrogen (secondary N) is 1. The second kappa shape index (κ2) is 8.96. The van der Waals surface area contributed by atoms with E-state index in [2.05, 4.69) is 34.0 Å². The van der Waals surface area contributed by atoms with Crippen LogP contribution in [-0.4, -0.2) is 37.3 Å². The number of hydrogen-bond donors (Lipinski definition) is 1. The highest BCUT2D eigenvalue weighted by Crippen LogP contribution is 2.31. The summed E-state index contributed by atoms with van der Waals surface area (Å²) in [6, 6.07) is 7.65. The lowest BCUT2D eigenvalue weighted by molar-refractivity contribution is 0.355. The first-order chi connectivity index (χ1) is 11.7. The molecule has 130 valence electrons. The molecule has 0 fully saturated rings. The van der Waals surface area contributed by atoms with E-state index in [-0.39, 0.29) is 0 Å². The van der Waals surface area contributed by atoms with Crippen molar-refractivity contribution >= 4 is 17.3 Å². The SMILES string of the molecule is CCCN(CCC)c1cc(Nc2ccc(OC)c(OC)c2)ncn1. The largest absolute Gasteiger partial charge is 0.493 e. The average molecular weight is 330 g/mol. The highest BCUT2D eigenvalue weighted by molar-refractivity contribution is 5.63. The Balaban J connectivity index is 2.19. The maximum absolute atomic E-state index is 5.33. The zero-order chi connectivity index (χ0) is 17.4. The van der Waals surface area contributed by atoms with Crippen molar-refractivity contribution in [1.82, 2.24) is 9.97 Å². The summed E-state index contributed by atoms with van der Waals surface area (Å²) in [5, 5.41) is 3.30. The van der Waals surface area contributed by atoms with Gasteiger partial charge in [0, 0.05) is 30.9 Å². The van der Waals surface area contributed by atoms with E-state index in [1.807, 2.05) is 24.3 Å². The molecule has 1 N–H and O–H groups in total. The van der Waals surface area contributed by atoms with E-state index >= 15 is 0 Å². The third kappa shape index (κ3) is 4.50. The molecule has 6 heteroatoms. The van der Waals surface area contributed by atoms with Gasteiger partial charge in [-0.2, -0.15) is 0 Å². The van der Waals surface area contributed by atoms with Crippen molar-refractivity contribution in [2.24, 2.45) is 0 Å². The van der Waals surface area contributed by atoms with E-state index in [0.29, 0.717) is 11.5 Å². The molecule has 1 aromatic carbocycles. The van der Waals surface area contributed by atoms with Crippen molar-refractivity contribution in [2.75, 3.05) is 37.5 Å². The highest BCUT2D eigenvalue weighted by Gasteiger charge is 2.09. The van der Waals surface area contributed by atoms with Gasteiger partial charge in [0.15, 0.2) is 11.5 Å². The minimum absolute atomic E-state index is 0.676. The summed E-state index contributed by atoms with van der Waals surface area (Å²) in [6.07, 6.45) is 3.77. The monoisotopic (exact) mass is 330 g/mol. The van der Waals surface area contributed by atoms with Crippen molar-refractivity contribution in [2.45, 2.75) is 26.7 Å². The molecule has 0 amide bonds. The van der Waals surface area contributed by atoms with E-state index in [9.17, 15) is 0 Å². The number of rotatable bonds is 9. The lowest BCUT2D eigenvalue weighted by Crippen LogP contribution is -2.25. The van der Waals surface area contributed by atoms with Crippen molar-refractivity contribution in [3.05, 3.63) is 30.6 Å². The zero-order valence-electron chi connectivity index (χ0n) is 14.9. The number of aromatic nitrogens is 2. The summed E-state index contributed by atoms with van der Waals surface area (Å²) in [4.78, 5) is 11.0. The molecule has 6 nitrogen and oxygen atoms in total. The number of hydrogen-bond acceptors (Lipinski definition) is 6. The first-order valence-electron chi connectivity index (χ1n) is 8.27. The van der Waals surface area contributed by atoms with E-state index in [1.165, 1.54) is 0 Å². The molecule has 0 saturated carbocycles. The summed E-state index contributed by atoms with van der Waals surface area (Å²) in [5.74, 6) is 3.07. The van der Waals surface area contributed by atoms with Gasteiger partial charge in [0.1, 0.15) is 18.0 Å². The molecule has 0 aliphatic heterocycles. The van der Waals surface area contributed by atoms with Crippen LogP contribution < -0.4 is 19.7 Å². The fourth-order valence-corrected chi connectivity index (χ4v) is 2.53. The van der Waals surface area contributed by atoms with Crippen LogP contribution in [-0.2, 0) is 0 Å².